The summed E-state index contributed by atoms with van der Waals surface area (Å²) in [5.41, 5.74) is 0.0962. The van der Waals surface area contributed by atoms with Crippen LogP contribution in [-0.2, 0) is 17.6 Å². The zero-order valence-electron chi connectivity index (χ0n) is 20.0. The van der Waals surface area contributed by atoms with E-state index < -0.39 is 35.1 Å². The summed E-state index contributed by atoms with van der Waals surface area (Å²) >= 11 is 0. The number of hydrogen-bond acceptors (Lipinski definition) is 3. The molecule has 5 nitrogen and oxygen atoms in total. The lowest BCUT2D eigenvalue weighted by atomic mass is 9.81. The fraction of sp³-hybridized carbons (Fsp3) is 0.333. The Bertz CT molecular complexity index is 1230. The lowest BCUT2D eigenvalue weighted by molar-refractivity contribution is -0.142. The third kappa shape index (κ3) is 5.93. The summed E-state index contributed by atoms with van der Waals surface area (Å²) in [7, 11) is 0. The lowest BCUT2D eigenvalue weighted by Crippen LogP contribution is -2.50. The van der Waals surface area contributed by atoms with E-state index in [1.165, 1.54) is 12.1 Å². The zero-order chi connectivity index (χ0) is 26.0. The number of carboxylic acids is 1. The van der Waals surface area contributed by atoms with Crippen molar-refractivity contribution in [1.29, 1.82) is 0 Å². The number of amides is 1. The topological polar surface area (TPSA) is 75.6 Å². The summed E-state index contributed by atoms with van der Waals surface area (Å²) in [6, 6.07) is 12.4. The first kappa shape index (κ1) is 26.1. The summed E-state index contributed by atoms with van der Waals surface area (Å²) < 4.78 is 44.6. The highest BCUT2D eigenvalue weighted by Gasteiger charge is 2.36. The van der Waals surface area contributed by atoms with E-state index in [9.17, 15) is 27.9 Å². The molecule has 1 atom stereocenters. The molecule has 2 N–H and O–H groups in total. The van der Waals surface area contributed by atoms with Crippen molar-refractivity contribution < 1.29 is 32.6 Å². The highest BCUT2D eigenvalue weighted by atomic mass is 19.4. The molecule has 0 aliphatic carbocycles. The molecule has 0 aliphatic rings. The Morgan fingerprint density at radius 3 is 2.23 bits per heavy atom. The normalized spacial score (nSPS) is 12.9. The maximum atomic E-state index is 13.3. The molecule has 186 valence electrons. The Morgan fingerprint density at radius 2 is 1.66 bits per heavy atom. The van der Waals surface area contributed by atoms with Crippen LogP contribution in [0.25, 0.3) is 10.8 Å². The van der Waals surface area contributed by atoms with Crippen molar-refractivity contribution in [2.75, 3.05) is 0 Å². The van der Waals surface area contributed by atoms with Crippen molar-refractivity contribution in [3.05, 3.63) is 76.9 Å². The van der Waals surface area contributed by atoms with E-state index in [0.717, 1.165) is 23.1 Å². The molecule has 0 heterocycles. The zero-order valence-corrected chi connectivity index (χ0v) is 20.0. The second-order valence-electron chi connectivity index (χ2n) is 9.24. The fourth-order valence-corrected chi connectivity index (χ4v) is 3.69. The highest BCUT2D eigenvalue weighted by Crippen LogP contribution is 2.33. The average molecular weight is 488 g/mol. The quantitative estimate of drug-likeness (QED) is 0.387. The van der Waals surface area contributed by atoms with Crippen LogP contribution in [0.2, 0.25) is 0 Å². The summed E-state index contributed by atoms with van der Waals surface area (Å²) in [6.45, 7) is 7.18. The van der Waals surface area contributed by atoms with Gasteiger partial charge >= 0.3 is 12.1 Å². The van der Waals surface area contributed by atoms with Crippen molar-refractivity contribution in [1.82, 2.24) is 5.32 Å². The number of carbonyl (C=O) groups excluding carboxylic acids is 1. The van der Waals surface area contributed by atoms with Gasteiger partial charge in [0, 0.05) is 5.39 Å². The molecule has 0 aromatic heterocycles. The number of nitrogens with one attached hydrogen (secondary N) is 1. The van der Waals surface area contributed by atoms with Gasteiger partial charge in [-0.1, -0.05) is 56.7 Å². The van der Waals surface area contributed by atoms with E-state index >= 15 is 0 Å². The number of carboxylic acid groups (broad SMARTS) is 1. The van der Waals surface area contributed by atoms with E-state index in [1.54, 1.807) is 26.0 Å². The van der Waals surface area contributed by atoms with E-state index in [-0.39, 0.29) is 17.9 Å². The van der Waals surface area contributed by atoms with Crippen molar-refractivity contribution >= 4 is 22.6 Å². The second kappa shape index (κ2) is 9.98. The molecule has 35 heavy (non-hydrogen) atoms. The molecule has 1 amide bonds. The maximum absolute atomic E-state index is 13.3. The Kier molecular flexibility index (Phi) is 7.43. The SMILES string of the molecule is CCC(C)(C)C(NC(=O)c1ccc2ccc(C)cc2c1OCc1ccc(C(F)(F)F)cc1)C(=O)O. The first-order chi connectivity index (χ1) is 16.3. The van der Waals surface area contributed by atoms with Crippen LogP contribution < -0.4 is 10.1 Å². The van der Waals surface area contributed by atoms with Gasteiger partial charge in [0.15, 0.2) is 0 Å². The van der Waals surface area contributed by atoms with Crippen molar-refractivity contribution in [3.8, 4) is 5.75 Å². The van der Waals surface area contributed by atoms with Gasteiger partial charge in [0.05, 0.1) is 11.1 Å². The van der Waals surface area contributed by atoms with Crippen LogP contribution in [0.3, 0.4) is 0 Å². The van der Waals surface area contributed by atoms with Crippen LogP contribution in [-0.4, -0.2) is 23.0 Å². The molecular formula is C27H28F3NO4. The van der Waals surface area contributed by atoms with Gasteiger partial charge in [-0.15, -0.1) is 0 Å². The van der Waals surface area contributed by atoms with Gasteiger partial charge in [-0.25, -0.2) is 4.79 Å². The number of benzene rings is 3. The predicted molar refractivity (Wildman–Crippen MR) is 127 cm³/mol. The number of halogens is 3. The average Bonchev–Trinajstić information content (AvgIpc) is 2.80. The van der Waals surface area contributed by atoms with Gasteiger partial charge in [0.1, 0.15) is 18.4 Å². The minimum Gasteiger partial charge on any atom is -0.487 e. The molecule has 3 aromatic carbocycles. The molecule has 0 fully saturated rings. The highest BCUT2D eigenvalue weighted by molar-refractivity contribution is 6.05. The molecule has 0 saturated heterocycles. The van der Waals surface area contributed by atoms with Crippen LogP contribution in [0.5, 0.6) is 5.75 Å². The number of alkyl halides is 3. The number of aryl methyl sites for hydroxylation is 1. The molecule has 3 aromatic rings. The molecule has 3 rings (SSSR count). The van der Waals surface area contributed by atoms with Crippen molar-refractivity contribution in [2.24, 2.45) is 5.41 Å². The Balaban J connectivity index is 1.98. The molecule has 0 spiro atoms. The number of carbonyl (C=O) groups is 2. The largest absolute Gasteiger partial charge is 0.487 e. The number of ether oxygens (including phenoxy) is 1. The van der Waals surface area contributed by atoms with Crippen LogP contribution in [0, 0.1) is 12.3 Å². The van der Waals surface area contributed by atoms with Crippen LogP contribution in [0.1, 0.15) is 54.2 Å². The number of hydrogen-bond donors (Lipinski definition) is 2. The van der Waals surface area contributed by atoms with E-state index in [2.05, 4.69) is 5.32 Å². The van der Waals surface area contributed by atoms with Crippen LogP contribution in [0.15, 0.2) is 54.6 Å². The molecule has 0 saturated carbocycles. The Morgan fingerprint density at radius 1 is 1.03 bits per heavy atom. The molecular weight excluding hydrogens is 459 g/mol. The van der Waals surface area contributed by atoms with Gasteiger partial charge in [-0.3, -0.25) is 4.79 Å². The summed E-state index contributed by atoms with van der Waals surface area (Å²) in [5, 5.41) is 13.8. The first-order valence-corrected chi connectivity index (χ1v) is 11.2. The Labute approximate surface area is 201 Å². The number of rotatable bonds is 8. The smallest absolute Gasteiger partial charge is 0.416 e. The predicted octanol–water partition coefficient (Wildman–Crippen LogP) is 6.37. The maximum Gasteiger partial charge on any atom is 0.416 e. The van der Waals surface area contributed by atoms with Crippen molar-refractivity contribution in [2.45, 2.75) is 52.9 Å². The van der Waals surface area contributed by atoms with Gasteiger partial charge in [-0.05, 0) is 54.0 Å². The van der Waals surface area contributed by atoms with Gasteiger partial charge in [-0.2, -0.15) is 13.2 Å². The Hall–Kier alpha value is -3.55. The van der Waals surface area contributed by atoms with E-state index in [1.807, 2.05) is 32.0 Å². The van der Waals surface area contributed by atoms with Crippen LogP contribution in [0.4, 0.5) is 13.2 Å². The summed E-state index contributed by atoms with van der Waals surface area (Å²) in [4.78, 5) is 25.2. The van der Waals surface area contributed by atoms with Gasteiger partial charge in [0.2, 0.25) is 0 Å². The second-order valence-corrected chi connectivity index (χ2v) is 9.24. The van der Waals surface area contributed by atoms with Gasteiger partial charge in [0.25, 0.3) is 5.91 Å². The summed E-state index contributed by atoms with van der Waals surface area (Å²) in [6.07, 6.45) is -3.91. The minimum atomic E-state index is -4.44. The molecule has 8 heteroatoms. The molecule has 0 aliphatic heterocycles. The monoisotopic (exact) mass is 487 g/mol. The number of aliphatic carboxylic acids is 1. The lowest BCUT2D eigenvalue weighted by Gasteiger charge is -2.31. The van der Waals surface area contributed by atoms with Crippen molar-refractivity contribution in [3.63, 3.8) is 0 Å². The standard InChI is InChI=1S/C27H28F3NO4/c1-5-26(3,4)23(25(33)34)31-24(32)20-13-10-18-9-6-16(2)14-21(18)22(20)35-15-17-7-11-19(12-8-17)27(28,29)30/h6-14,23H,5,15H2,1-4H3,(H,31,32)(H,33,34). The fourth-order valence-electron chi connectivity index (χ4n) is 3.69. The molecule has 1 unspecified atom stereocenters. The van der Waals surface area contributed by atoms with Crippen LogP contribution >= 0.6 is 0 Å². The third-order valence-electron chi connectivity index (χ3n) is 6.25. The molecule has 0 bridgehead atoms. The minimum absolute atomic E-state index is 0.0751. The molecule has 0 radical (unpaired) electrons. The summed E-state index contributed by atoms with van der Waals surface area (Å²) in [5.74, 6) is -1.51. The first-order valence-electron chi connectivity index (χ1n) is 11.2. The van der Waals surface area contributed by atoms with E-state index in [4.69, 9.17) is 4.74 Å². The van der Waals surface area contributed by atoms with E-state index in [0.29, 0.717) is 17.4 Å². The number of fused-ring (bicyclic) bond motifs is 1. The van der Waals surface area contributed by atoms with Gasteiger partial charge < -0.3 is 15.2 Å². The third-order valence-corrected chi connectivity index (χ3v) is 6.25.